The van der Waals surface area contributed by atoms with Crippen molar-refractivity contribution in [1.29, 1.82) is 0 Å². The summed E-state index contributed by atoms with van der Waals surface area (Å²) in [5.74, 6) is 0. The Balaban J connectivity index is 1.89. The summed E-state index contributed by atoms with van der Waals surface area (Å²) in [6.07, 6.45) is 2.05. The van der Waals surface area contributed by atoms with Gasteiger partial charge in [0.05, 0.1) is 0 Å². The average Bonchev–Trinajstić information content (AvgIpc) is 2.77. The molecule has 0 radical (unpaired) electrons. The molecule has 0 bridgehead atoms. The lowest BCUT2D eigenvalue weighted by Crippen LogP contribution is -2.30. The van der Waals surface area contributed by atoms with Crippen LogP contribution in [0.15, 0.2) is 109 Å². The van der Waals surface area contributed by atoms with Crippen molar-refractivity contribution in [2.45, 2.75) is 32.1 Å². The Morgan fingerprint density at radius 2 is 1.07 bits per heavy atom. The lowest BCUT2D eigenvalue weighted by molar-refractivity contribution is 0.559. The first-order valence-electron chi connectivity index (χ1n) is 10.4. The van der Waals surface area contributed by atoms with Crippen molar-refractivity contribution < 1.29 is 0 Å². The second kappa shape index (κ2) is 8.49. The Bertz CT molecular complexity index is 1000. The van der Waals surface area contributed by atoms with Crippen molar-refractivity contribution in [3.05, 3.63) is 143 Å². The normalized spacial score (nSPS) is 11.4. The first kappa shape index (κ1) is 19.2. The minimum atomic E-state index is -0.181. The van der Waals surface area contributed by atoms with Gasteiger partial charge in [-0.15, -0.1) is 0 Å². The van der Waals surface area contributed by atoms with Gasteiger partial charge < -0.3 is 0 Å². The Labute approximate surface area is 174 Å². The van der Waals surface area contributed by atoms with Crippen molar-refractivity contribution in [3.8, 4) is 0 Å². The maximum absolute atomic E-state index is 2.32. The smallest absolute Gasteiger partial charge is 0.0454 e. The molecule has 0 atom stereocenters. The van der Waals surface area contributed by atoms with E-state index in [-0.39, 0.29) is 5.41 Å². The Morgan fingerprint density at radius 1 is 0.517 bits per heavy atom. The molecule has 0 aromatic heterocycles. The van der Waals surface area contributed by atoms with Gasteiger partial charge >= 0.3 is 0 Å². The second-order valence-electron chi connectivity index (χ2n) is 7.99. The standard InChI is InChI=1S/C29H28/c1-23-16-18-28(19-17-23)29(26-12-5-3-6-13-26,27-14-7-4-8-15-27)21-20-25-11-9-10-24(2)22-25/h3-19,22H,20-21H2,1-2H3. The SMILES string of the molecule is Cc1ccc(C(CCc2cccc(C)c2)(c2ccccc2)c2ccccc2)cc1. The topological polar surface area (TPSA) is 0 Å². The molecule has 4 rings (SSSR count). The fourth-order valence-electron chi connectivity index (χ4n) is 4.42. The highest BCUT2D eigenvalue weighted by molar-refractivity contribution is 5.51. The third-order valence-corrected chi connectivity index (χ3v) is 5.95. The molecule has 0 saturated carbocycles. The Kier molecular flexibility index (Phi) is 5.62. The molecule has 0 aliphatic carbocycles. The molecule has 0 unspecified atom stereocenters. The van der Waals surface area contributed by atoms with E-state index in [9.17, 15) is 0 Å². The highest BCUT2D eigenvalue weighted by atomic mass is 14.4. The van der Waals surface area contributed by atoms with Gasteiger partial charge in [0.2, 0.25) is 0 Å². The zero-order valence-electron chi connectivity index (χ0n) is 17.3. The number of aryl methyl sites for hydroxylation is 3. The van der Waals surface area contributed by atoms with Gasteiger partial charge in [0.15, 0.2) is 0 Å². The predicted molar refractivity (Wildman–Crippen MR) is 123 cm³/mol. The number of hydrogen-bond donors (Lipinski definition) is 0. The molecule has 29 heavy (non-hydrogen) atoms. The van der Waals surface area contributed by atoms with Crippen molar-refractivity contribution in [1.82, 2.24) is 0 Å². The van der Waals surface area contributed by atoms with Crippen LogP contribution in [-0.2, 0) is 11.8 Å². The molecule has 4 aromatic rings. The van der Waals surface area contributed by atoms with E-state index in [4.69, 9.17) is 0 Å². The number of rotatable bonds is 6. The van der Waals surface area contributed by atoms with Crippen LogP contribution in [-0.4, -0.2) is 0 Å². The molecule has 0 aliphatic heterocycles. The molecular formula is C29H28. The highest BCUT2D eigenvalue weighted by Crippen LogP contribution is 2.43. The van der Waals surface area contributed by atoms with E-state index >= 15 is 0 Å². The van der Waals surface area contributed by atoms with Crippen LogP contribution in [0.1, 0.15) is 39.8 Å². The van der Waals surface area contributed by atoms with E-state index in [1.807, 2.05) is 0 Å². The van der Waals surface area contributed by atoms with E-state index in [0.29, 0.717) is 0 Å². The summed E-state index contributed by atoms with van der Waals surface area (Å²) >= 11 is 0. The van der Waals surface area contributed by atoms with Crippen molar-refractivity contribution >= 4 is 0 Å². The third-order valence-electron chi connectivity index (χ3n) is 5.95. The maximum Gasteiger partial charge on any atom is 0.0454 e. The monoisotopic (exact) mass is 376 g/mol. The zero-order chi connectivity index (χ0) is 20.1. The fourth-order valence-corrected chi connectivity index (χ4v) is 4.42. The predicted octanol–water partition coefficient (Wildman–Crippen LogP) is 7.27. The van der Waals surface area contributed by atoms with Gasteiger partial charge in [-0.25, -0.2) is 0 Å². The van der Waals surface area contributed by atoms with E-state index < -0.39 is 0 Å². The van der Waals surface area contributed by atoms with Gasteiger partial charge in [-0.2, -0.15) is 0 Å². The van der Waals surface area contributed by atoms with Gasteiger partial charge in [0.1, 0.15) is 0 Å². The summed E-state index contributed by atoms with van der Waals surface area (Å²) in [4.78, 5) is 0. The molecule has 0 heteroatoms. The van der Waals surface area contributed by atoms with Crippen LogP contribution < -0.4 is 0 Å². The molecule has 0 amide bonds. The Morgan fingerprint density at radius 3 is 1.62 bits per heavy atom. The van der Waals surface area contributed by atoms with E-state index in [1.165, 1.54) is 33.4 Å². The first-order valence-corrected chi connectivity index (χ1v) is 10.4. The molecule has 4 aromatic carbocycles. The molecular weight excluding hydrogens is 348 g/mol. The van der Waals surface area contributed by atoms with Gasteiger partial charge in [-0.3, -0.25) is 0 Å². The van der Waals surface area contributed by atoms with Gasteiger partial charge in [0, 0.05) is 5.41 Å². The van der Waals surface area contributed by atoms with Crippen LogP contribution in [0.3, 0.4) is 0 Å². The molecule has 144 valence electrons. The molecule has 0 saturated heterocycles. The van der Waals surface area contributed by atoms with Crippen molar-refractivity contribution in [3.63, 3.8) is 0 Å². The van der Waals surface area contributed by atoms with Gasteiger partial charge in [-0.05, 0) is 48.9 Å². The van der Waals surface area contributed by atoms with Gasteiger partial charge in [-0.1, -0.05) is 120 Å². The molecule has 0 spiro atoms. The lowest BCUT2D eigenvalue weighted by Gasteiger charge is -2.36. The van der Waals surface area contributed by atoms with Crippen LogP contribution in [0.2, 0.25) is 0 Å². The molecule has 0 nitrogen and oxygen atoms in total. The van der Waals surface area contributed by atoms with E-state index in [1.54, 1.807) is 0 Å². The lowest BCUT2D eigenvalue weighted by atomic mass is 9.66. The first-order chi connectivity index (χ1) is 14.2. The summed E-state index contributed by atoms with van der Waals surface area (Å²) in [5, 5.41) is 0. The molecule has 0 aliphatic rings. The Hall–Kier alpha value is -3.12. The second-order valence-corrected chi connectivity index (χ2v) is 7.99. The molecule has 0 fully saturated rings. The molecule has 0 heterocycles. The summed E-state index contributed by atoms with van der Waals surface area (Å²) in [6, 6.07) is 40.0. The van der Waals surface area contributed by atoms with Crippen LogP contribution in [0.4, 0.5) is 0 Å². The fraction of sp³-hybridized carbons (Fsp3) is 0.172. The number of benzene rings is 4. The van der Waals surface area contributed by atoms with Crippen molar-refractivity contribution in [2.24, 2.45) is 0 Å². The van der Waals surface area contributed by atoms with Crippen molar-refractivity contribution in [2.75, 3.05) is 0 Å². The van der Waals surface area contributed by atoms with E-state index in [2.05, 4.69) is 123 Å². The zero-order valence-corrected chi connectivity index (χ0v) is 17.3. The van der Waals surface area contributed by atoms with Crippen LogP contribution in [0.25, 0.3) is 0 Å². The third kappa shape index (κ3) is 4.03. The van der Waals surface area contributed by atoms with Crippen LogP contribution in [0, 0.1) is 13.8 Å². The summed E-state index contributed by atoms with van der Waals surface area (Å²) < 4.78 is 0. The summed E-state index contributed by atoms with van der Waals surface area (Å²) in [5.41, 5.74) is 7.89. The quantitative estimate of drug-likeness (QED) is 0.310. The van der Waals surface area contributed by atoms with Crippen LogP contribution >= 0.6 is 0 Å². The summed E-state index contributed by atoms with van der Waals surface area (Å²) in [6.45, 7) is 4.33. The minimum Gasteiger partial charge on any atom is -0.0622 e. The average molecular weight is 377 g/mol. The van der Waals surface area contributed by atoms with Crippen LogP contribution in [0.5, 0.6) is 0 Å². The largest absolute Gasteiger partial charge is 0.0622 e. The van der Waals surface area contributed by atoms with E-state index in [0.717, 1.165) is 12.8 Å². The highest BCUT2D eigenvalue weighted by Gasteiger charge is 2.35. The maximum atomic E-state index is 2.32. The number of hydrogen-bond acceptors (Lipinski definition) is 0. The summed E-state index contributed by atoms with van der Waals surface area (Å²) in [7, 11) is 0. The minimum absolute atomic E-state index is 0.181. The van der Waals surface area contributed by atoms with Gasteiger partial charge in [0.25, 0.3) is 0 Å². The molecule has 0 N–H and O–H groups in total.